The first-order chi connectivity index (χ1) is 46.1. The molecule has 8 rings (SSSR count). The van der Waals surface area contributed by atoms with E-state index in [0.717, 1.165) is 4.58 Å². The molecule has 6 aliphatic heterocycles. The molecule has 4 amide bonds. The molecule has 2 aromatic rings. The molecule has 0 aromatic heterocycles. The zero-order valence-electron chi connectivity index (χ0n) is 52.7. The number of guanidine groups is 2. The summed E-state index contributed by atoms with van der Waals surface area (Å²) < 4.78 is 35.1. The number of rotatable bonds is 20. The fraction of sp³-hybridized carbons (Fsp3) is 0.644. The molecule has 0 spiro atoms. The normalized spacial score (nSPS) is 35.9. The van der Waals surface area contributed by atoms with Crippen molar-refractivity contribution in [3.05, 3.63) is 65.7 Å². The number of aliphatic imine (C=N–C) groups is 3. The number of aliphatic hydroxyl groups excluding tert-OH is 14. The van der Waals surface area contributed by atoms with Crippen LogP contribution in [0.2, 0.25) is 0 Å². The highest BCUT2D eigenvalue weighted by atomic mass is 16.7. The van der Waals surface area contributed by atoms with E-state index in [9.17, 15) is 91.0 Å². The molecule has 3 saturated heterocycles. The van der Waals surface area contributed by atoms with Crippen molar-refractivity contribution in [2.75, 3.05) is 46.1 Å². The van der Waals surface area contributed by atoms with Crippen LogP contribution in [0.15, 0.2) is 69.6 Å². The van der Waals surface area contributed by atoms with E-state index in [-0.39, 0.29) is 42.1 Å². The summed E-state index contributed by atoms with van der Waals surface area (Å²) in [6.07, 6.45) is -31.8. The minimum Gasteiger partial charge on any atom is -0.861 e. The van der Waals surface area contributed by atoms with Crippen LogP contribution in [-0.2, 0) is 54.1 Å². The molecule has 538 valence electrons. The quantitative estimate of drug-likeness (QED) is 0.0432. The maximum atomic E-state index is 15.2. The molecule has 3 fully saturated rings. The van der Waals surface area contributed by atoms with Gasteiger partial charge in [0.1, 0.15) is 128 Å². The number of carbonyl (C=O) groups is 5. The number of aliphatic hydroxyl groups is 14. The molecular formula is C59H86N12O26. The van der Waals surface area contributed by atoms with Crippen molar-refractivity contribution in [1.82, 2.24) is 31.9 Å². The smallest absolute Gasteiger partial charge is 0.346 e. The Morgan fingerprint density at radius 3 is 1.92 bits per heavy atom. The number of nitrogens with zero attached hydrogens (tertiary/aromatic N) is 4. The Morgan fingerprint density at radius 1 is 0.670 bits per heavy atom. The lowest BCUT2D eigenvalue weighted by Gasteiger charge is -2.46. The summed E-state index contributed by atoms with van der Waals surface area (Å²) in [6, 6.07) is 0.677. The van der Waals surface area contributed by atoms with Crippen molar-refractivity contribution in [3.63, 3.8) is 0 Å². The molecule has 0 unspecified atom stereocenters. The van der Waals surface area contributed by atoms with Crippen LogP contribution in [0.5, 0.6) is 5.75 Å². The second-order valence-electron chi connectivity index (χ2n) is 24.6. The third-order valence-corrected chi connectivity index (χ3v) is 17.3. The van der Waals surface area contributed by atoms with E-state index in [1.807, 2.05) is 0 Å². The highest BCUT2D eigenvalue weighted by molar-refractivity contribution is 5.97. The summed E-state index contributed by atoms with van der Waals surface area (Å²) in [5, 5.41) is 183. The van der Waals surface area contributed by atoms with Crippen molar-refractivity contribution < 1.29 is 134 Å². The number of nitrogens with two attached hydrogens (primary N) is 2. The molecule has 0 saturated carbocycles. The van der Waals surface area contributed by atoms with Gasteiger partial charge in [-0.05, 0) is 35.1 Å². The number of nitrogens with one attached hydrogen (secondary N) is 6. The Morgan fingerprint density at radius 2 is 1.29 bits per heavy atom. The van der Waals surface area contributed by atoms with Crippen molar-refractivity contribution in [2.45, 2.75) is 186 Å². The summed E-state index contributed by atoms with van der Waals surface area (Å²) >= 11 is 0. The molecule has 25 atom stereocenters. The van der Waals surface area contributed by atoms with Gasteiger partial charge in [-0.3, -0.25) is 45.0 Å². The van der Waals surface area contributed by atoms with E-state index >= 15 is 9.59 Å². The van der Waals surface area contributed by atoms with Crippen molar-refractivity contribution >= 4 is 53.3 Å². The van der Waals surface area contributed by atoms with Crippen LogP contribution < -0.4 is 53.2 Å². The first kappa shape index (κ1) is 75.2. The van der Waals surface area contributed by atoms with Gasteiger partial charge < -0.3 is 137 Å². The van der Waals surface area contributed by atoms with E-state index < -0.39 is 240 Å². The molecule has 38 heteroatoms. The zero-order valence-corrected chi connectivity index (χ0v) is 52.7. The number of amides is 4. The van der Waals surface area contributed by atoms with Crippen LogP contribution >= 0.6 is 0 Å². The van der Waals surface area contributed by atoms with Gasteiger partial charge in [-0.25, -0.2) is 9.57 Å². The second-order valence-corrected chi connectivity index (χ2v) is 24.6. The number of ether oxygens (including phenoxy) is 6. The Hall–Kier alpha value is -7.61. The van der Waals surface area contributed by atoms with Crippen LogP contribution in [0.4, 0.5) is 0 Å². The molecule has 6 heterocycles. The number of hydrogen-bond donors (Lipinski definition) is 22. The Kier molecular flexibility index (Phi) is 25.8. The maximum absolute atomic E-state index is 15.2. The molecule has 0 radical (unpaired) electrons. The van der Waals surface area contributed by atoms with Gasteiger partial charge in [0.05, 0.1) is 45.6 Å². The van der Waals surface area contributed by atoms with E-state index in [4.69, 9.17) is 39.9 Å². The average Bonchev–Trinajstić information content (AvgIpc) is 1.76. The van der Waals surface area contributed by atoms with Crippen LogP contribution in [0.3, 0.4) is 0 Å². The molecule has 24 N–H and O–H groups in total. The van der Waals surface area contributed by atoms with Gasteiger partial charge in [-0.15, -0.1) is 0 Å². The van der Waals surface area contributed by atoms with Crippen LogP contribution in [0, 0.1) is 5.92 Å². The highest BCUT2D eigenvalue weighted by Crippen LogP contribution is 2.33. The summed E-state index contributed by atoms with van der Waals surface area (Å²) in [7, 11) is 0. The largest absolute Gasteiger partial charge is 0.861 e. The van der Waals surface area contributed by atoms with E-state index in [1.54, 1.807) is 44.2 Å². The van der Waals surface area contributed by atoms with Gasteiger partial charge in [-0.1, -0.05) is 63.2 Å². The van der Waals surface area contributed by atoms with Gasteiger partial charge in [0.2, 0.25) is 42.0 Å². The summed E-state index contributed by atoms with van der Waals surface area (Å²) in [4.78, 5) is 84.3. The van der Waals surface area contributed by atoms with E-state index in [2.05, 4.69) is 46.9 Å². The number of carbonyl (C=O) groups excluding carboxylic acids is 5. The third kappa shape index (κ3) is 17.6. The first-order valence-corrected chi connectivity index (χ1v) is 31.2. The molecule has 0 aliphatic carbocycles. The standard InChI is InChI=1S/C59H86N12O26/c1-22(2)13-35(77)96-49-42(81)32(20-74)94-57(47(49)86)97-48-33(21-75)95-56(46(85)44(48)83)92-26-11-9-24(10-12-26)14-27-51(88)69-37(39(78)28-15-63-58(60)67-28)54(91)70-38(40(79)30-16-64-59(61)71(30)55-45(84)43(82)41(80)31(19-73)93-55)53(90)66-29(18-72)50(87)62-17-34(76)68-36(52(89)65-27)23(3)25-7-5-4-6-8-25/h4-12,22-23,27-33,36-49,55-57,72-75,78-86H,13-21H2,1-3H3,(H11,60,61,62,63,64,65,66,67,68,69,70,76,87,88,89,90,91)/t23-,27+,28-,29-,30-,31+,32+,33+,36-,37-,38+,39+,40+,41+,42+,43-,44+,45-,46-,47-,48+,49-,55-,56-,57+/m0/s1. The molecule has 38 nitrogen and oxygen atoms in total. The molecular weight excluding hydrogens is 1290 g/mol. The zero-order chi connectivity index (χ0) is 70.9. The third-order valence-electron chi connectivity index (χ3n) is 17.3. The summed E-state index contributed by atoms with van der Waals surface area (Å²) in [5.74, 6) is -10.0. The summed E-state index contributed by atoms with van der Waals surface area (Å²) in [5.41, 5.74) is 12.9. The van der Waals surface area contributed by atoms with E-state index in [0.29, 0.717) is 5.56 Å². The fourth-order valence-electron chi connectivity index (χ4n) is 11.8. The van der Waals surface area contributed by atoms with Crippen LogP contribution in [-0.4, -0.2) is 322 Å². The number of benzene rings is 2. The van der Waals surface area contributed by atoms with Crippen LogP contribution in [0.1, 0.15) is 44.2 Å². The monoisotopic (exact) mass is 1380 g/mol. The Bertz CT molecular complexity index is 3150. The van der Waals surface area contributed by atoms with Gasteiger partial charge in [-0.2, -0.15) is 0 Å². The molecule has 6 aliphatic rings. The topological polar surface area (TPSA) is 611 Å². The lowest BCUT2D eigenvalue weighted by molar-refractivity contribution is -0.663. The fourth-order valence-corrected chi connectivity index (χ4v) is 11.8. The molecule has 2 aromatic carbocycles. The average molecular weight is 1380 g/mol. The SMILES string of the molecule is CC(C)CC(=O)O[C@@H]1[C@H](O)[C@@H](O[C@H]2[C@H](O)[C@H](O)[C@@H](Oc3ccc(C[C@H]4NC(=O)[C@H]([C@@H](C)c5ccccc5)N=C([O-])CN=C(O)[C@H](CO)NC(=O)[C@@H]([C@H](O)[C@@H]5CNC(N)=[N+]5[C@H]5O[C@H](CO)[C@@H](O)[C@H](O)[C@@H]5O)NC(=O)[C@H]([C@H](O)[C@@H]5CN=C(N)N5)NC4=O)cc3)O[C@@H]2CO)O[C@H](CO)[C@H]1O. The van der Waals surface area contributed by atoms with Crippen molar-refractivity contribution in [3.8, 4) is 5.75 Å². The Labute approximate surface area is 553 Å². The number of esters is 1. The number of hydrogen-bond acceptors (Lipinski definition) is 32. The molecule has 97 heavy (non-hydrogen) atoms. The van der Waals surface area contributed by atoms with Gasteiger partial charge in [0.15, 0.2) is 18.4 Å². The van der Waals surface area contributed by atoms with E-state index in [1.165, 1.54) is 31.2 Å². The molecule has 0 bridgehead atoms. The second kappa shape index (κ2) is 33.3. The first-order valence-electron chi connectivity index (χ1n) is 31.2. The van der Waals surface area contributed by atoms with Gasteiger partial charge >= 0.3 is 11.9 Å². The van der Waals surface area contributed by atoms with Gasteiger partial charge in [0.25, 0.3) is 0 Å². The lowest BCUT2D eigenvalue weighted by atomic mass is 9.92. The van der Waals surface area contributed by atoms with Crippen molar-refractivity contribution in [1.29, 1.82) is 0 Å². The minimum absolute atomic E-state index is 0.0874. The summed E-state index contributed by atoms with van der Waals surface area (Å²) in [6.45, 7) is -0.572. The minimum atomic E-state index is -2.33. The maximum Gasteiger partial charge on any atom is 0.346 e. The Balaban J connectivity index is 1.10. The van der Waals surface area contributed by atoms with Gasteiger partial charge in [0, 0.05) is 18.8 Å². The predicted molar refractivity (Wildman–Crippen MR) is 327 cm³/mol. The van der Waals surface area contributed by atoms with Crippen molar-refractivity contribution in [2.24, 2.45) is 32.4 Å². The highest BCUT2D eigenvalue weighted by Gasteiger charge is 2.55. The predicted octanol–water partition coefficient (Wildman–Crippen LogP) is -12.2. The van der Waals surface area contributed by atoms with Crippen LogP contribution in [0.25, 0.3) is 0 Å². The lowest BCUT2D eigenvalue weighted by Crippen LogP contribution is -2.68.